The zero-order valence-electron chi connectivity index (χ0n) is 8.00. The lowest BCUT2D eigenvalue weighted by atomic mass is 12.0. The Hall–Kier alpha value is -1.06. The smallest absolute Gasteiger partial charge is 0.394 e. The van der Waals surface area contributed by atoms with Gasteiger partial charge in [0.05, 0.1) is 0 Å². The zero-order chi connectivity index (χ0) is 16.4. The van der Waals surface area contributed by atoms with Gasteiger partial charge in [0, 0.05) is 11.4 Å². The molecule has 0 atom stereocenters. The fraction of sp³-hybridized carbons (Fsp3) is 1.00. The minimum atomic E-state index is -4.67. The summed E-state index contributed by atoms with van der Waals surface area (Å²) < 4.78 is 96.3. The van der Waals surface area contributed by atoms with Gasteiger partial charge in [0.1, 0.15) is 0 Å². The second kappa shape index (κ2) is 30.7. The van der Waals surface area contributed by atoms with E-state index in [1.54, 1.807) is 0 Å². The highest BCUT2D eigenvalue weighted by molar-refractivity contribution is 7.80. The van der Waals surface area contributed by atoms with Gasteiger partial charge in [0.15, 0.2) is 0 Å². The lowest BCUT2D eigenvalue weighted by molar-refractivity contribution is 0.378. The molecule has 0 heterocycles. The number of rotatable bonds is 0. The van der Waals surface area contributed by atoms with E-state index in [0.717, 1.165) is 0 Å². The molecule has 0 aliphatic heterocycles. The van der Waals surface area contributed by atoms with Gasteiger partial charge in [-0.1, -0.05) is 7.43 Å². The Bertz CT molecular complexity index is 362. The molecule has 0 saturated carbocycles. The van der Waals surface area contributed by atoms with Crippen LogP contribution in [0.25, 0.3) is 0 Å². The summed E-state index contributed by atoms with van der Waals surface area (Å²) in [4.78, 5) is 14.0. The van der Waals surface area contributed by atoms with Crippen molar-refractivity contribution in [1.82, 2.24) is 0 Å². The Morgan fingerprint density at radius 3 is 0.650 bits per heavy atom. The van der Waals surface area contributed by atoms with Gasteiger partial charge in [0.2, 0.25) is 0 Å². The Morgan fingerprint density at radius 1 is 0.650 bits per heavy atom. The van der Waals surface area contributed by atoms with E-state index in [9.17, 15) is 0 Å². The molecule has 19 heteroatoms. The van der Waals surface area contributed by atoms with E-state index >= 15 is 0 Å². The standard InChI is InChI=1S/CH4.2H2O4S.2O2S.O2.H2O.H2/c;2*1-5(2,3)4;2*1-3-2;1-2;;/h1H4;2*(H2,1,2,3,4);;;;1H2;1H. The molecular weight excluding hydrogens is 380 g/mol. The van der Waals surface area contributed by atoms with Crippen LogP contribution in [-0.4, -0.2) is 57.4 Å². The summed E-state index contributed by atoms with van der Waals surface area (Å²) >= 11 is -1.50. The van der Waals surface area contributed by atoms with Crippen LogP contribution in [-0.2, 0) is 43.9 Å². The van der Waals surface area contributed by atoms with E-state index in [0.29, 0.717) is 0 Å². The van der Waals surface area contributed by atoms with E-state index in [1.165, 1.54) is 0 Å². The van der Waals surface area contributed by atoms with Crippen molar-refractivity contribution in [2.24, 2.45) is 0 Å². The second-order valence-electron chi connectivity index (χ2n) is 1.03. The molecule has 0 amide bonds. The fourth-order valence-electron chi connectivity index (χ4n) is 0. The molecule has 15 nitrogen and oxygen atoms in total. The molecular formula is CH12O15S4. The van der Waals surface area contributed by atoms with E-state index in [2.05, 4.69) is 0 Å². The third-order valence-electron chi connectivity index (χ3n) is 0. The van der Waals surface area contributed by atoms with Crippen LogP contribution in [0.4, 0.5) is 0 Å². The van der Waals surface area contributed by atoms with Crippen molar-refractivity contribution in [1.29, 1.82) is 0 Å². The highest BCUT2D eigenvalue weighted by Gasteiger charge is 1.85. The summed E-state index contributed by atoms with van der Waals surface area (Å²) in [6.07, 6.45) is 0. The van der Waals surface area contributed by atoms with E-state index in [1.807, 2.05) is 0 Å². The van der Waals surface area contributed by atoms with E-state index in [4.69, 9.17) is 61.8 Å². The molecule has 130 valence electrons. The first-order chi connectivity index (χ1) is 7.83. The van der Waals surface area contributed by atoms with Gasteiger partial charge in [-0.25, -0.2) is 0 Å². The first kappa shape index (κ1) is 42.8. The van der Waals surface area contributed by atoms with Gasteiger partial charge >= 0.3 is 43.9 Å². The zero-order valence-corrected chi connectivity index (χ0v) is 11.3. The molecule has 0 unspecified atom stereocenters. The van der Waals surface area contributed by atoms with Gasteiger partial charge in [-0.2, -0.15) is 33.7 Å². The molecule has 6 N–H and O–H groups in total. The van der Waals surface area contributed by atoms with Crippen LogP contribution in [0.3, 0.4) is 0 Å². The summed E-state index contributed by atoms with van der Waals surface area (Å²) in [5.41, 5.74) is 0. The van der Waals surface area contributed by atoms with Crippen LogP contribution in [0.1, 0.15) is 8.85 Å². The summed E-state index contributed by atoms with van der Waals surface area (Å²) in [5.74, 6) is 0. The third kappa shape index (κ3) is 3830. The molecule has 0 aliphatic carbocycles. The highest BCUT2D eigenvalue weighted by atomic mass is 32.3. The monoisotopic (exact) mass is 392 g/mol. The molecule has 0 spiro atoms. The minimum Gasteiger partial charge on any atom is -0.412 e. The molecule has 0 aromatic carbocycles. The van der Waals surface area contributed by atoms with Crippen molar-refractivity contribution in [3.63, 3.8) is 0 Å². The Balaban J connectivity index is -0.0000000168. The van der Waals surface area contributed by atoms with Crippen LogP contribution < -0.4 is 0 Å². The largest absolute Gasteiger partial charge is 0.412 e. The summed E-state index contributed by atoms with van der Waals surface area (Å²) in [7, 11) is -9.33. The van der Waals surface area contributed by atoms with Crippen molar-refractivity contribution in [2.45, 2.75) is 7.43 Å². The first-order valence-corrected chi connectivity index (χ1v) is 6.36. The molecule has 0 saturated heterocycles. The molecule has 0 aliphatic rings. The van der Waals surface area contributed by atoms with Gasteiger partial charge in [-0.15, -0.1) is 0 Å². The molecule has 0 rings (SSSR count). The fourth-order valence-corrected chi connectivity index (χ4v) is 0. The Morgan fingerprint density at radius 2 is 0.650 bits per heavy atom. The average molecular weight is 392 g/mol. The predicted molar refractivity (Wildman–Crippen MR) is 65.4 cm³/mol. The van der Waals surface area contributed by atoms with Crippen molar-refractivity contribution >= 4 is 43.9 Å². The van der Waals surface area contributed by atoms with Crippen molar-refractivity contribution in [3.05, 3.63) is 9.93 Å². The maximum Gasteiger partial charge on any atom is 0.394 e. The molecule has 0 radical (unpaired) electrons. The predicted octanol–water partition coefficient (Wildman–Crippen LogP) is -2.52. The average Bonchev–Trinajstić information content (AvgIpc) is 2.03. The molecule has 0 aromatic heterocycles. The van der Waals surface area contributed by atoms with Crippen LogP contribution >= 0.6 is 0 Å². The normalized spacial score (nSPS) is 7.20. The first-order valence-electron chi connectivity index (χ1n) is 2.23. The summed E-state index contributed by atoms with van der Waals surface area (Å²) in [6, 6.07) is 0. The van der Waals surface area contributed by atoms with E-state index in [-0.39, 0.29) is 14.3 Å². The molecule has 0 fully saturated rings. The van der Waals surface area contributed by atoms with Gasteiger partial charge in [-0.05, 0) is 0 Å². The Labute approximate surface area is 120 Å². The SMILES string of the molecule is C.O.O=O.O=S(=O)(O)O.O=S(=O)(O)O.O=S=O.O=S=O.[HH]. The van der Waals surface area contributed by atoms with Gasteiger partial charge in [0.25, 0.3) is 0 Å². The summed E-state index contributed by atoms with van der Waals surface area (Å²) in [6.45, 7) is 0. The van der Waals surface area contributed by atoms with Gasteiger partial charge in [-0.3, -0.25) is 18.2 Å². The summed E-state index contributed by atoms with van der Waals surface area (Å²) in [5, 5.41) is 0. The second-order valence-corrected chi connectivity index (χ2v) is 3.10. The number of hydrogen-bond acceptors (Lipinski definition) is 10. The maximum absolute atomic E-state index is 8.74. The van der Waals surface area contributed by atoms with Crippen LogP contribution in [0.5, 0.6) is 0 Å². The molecule has 20 heavy (non-hydrogen) atoms. The van der Waals surface area contributed by atoms with Crippen molar-refractivity contribution < 1.29 is 58.8 Å². The van der Waals surface area contributed by atoms with Crippen LogP contribution in [0.15, 0.2) is 0 Å². The molecule has 0 bridgehead atoms. The minimum absolute atomic E-state index is 0. The molecule has 0 aromatic rings. The van der Waals surface area contributed by atoms with Gasteiger partial charge < -0.3 is 5.48 Å². The van der Waals surface area contributed by atoms with Crippen LogP contribution in [0.2, 0.25) is 0 Å². The van der Waals surface area contributed by atoms with E-state index < -0.39 is 43.9 Å². The number of hydrogen-bond donors (Lipinski definition) is 4. The van der Waals surface area contributed by atoms with Crippen LogP contribution in [0, 0.1) is 9.93 Å². The lowest BCUT2D eigenvalue weighted by Gasteiger charge is -1.68. The van der Waals surface area contributed by atoms with Crippen molar-refractivity contribution in [3.8, 4) is 0 Å². The topological polar surface area (TPSA) is 283 Å². The quantitative estimate of drug-likeness (QED) is 0.309. The van der Waals surface area contributed by atoms with Crippen molar-refractivity contribution in [2.75, 3.05) is 0 Å². The lowest BCUT2D eigenvalue weighted by Crippen LogP contribution is -1.89. The Kier molecular flexibility index (Phi) is 65.7. The third-order valence-corrected chi connectivity index (χ3v) is 0. The highest BCUT2D eigenvalue weighted by Crippen LogP contribution is 1.59. The maximum atomic E-state index is 8.74.